The van der Waals surface area contributed by atoms with Gasteiger partial charge in [0.25, 0.3) is 5.91 Å². The number of allylic oxidation sites excluding steroid dienone is 1. The molecule has 0 fully saturated rings. The lowest BCUT2D eigenvalue weighted by atomic mass is 9.85. The number of ketones is 1. The second-order valence-corrected chi connectivity index (χ2v) is 7.60. The third-order valence-corrected chi connectivity index (χ3v) is 4.77. The van der Waals surface area contributed by atoms with Gasteiger partial charge in [0.1, 0.15) is 5.75 Å². The molecule has 0 spiro atoms. The number of hydrogen-bond donors (Lipinski definition) is 2. The topological polar surface area (TPSA) is 67.4 Å². The molecule has 0 radical (unpaired) electrons. The molecule has 0 bridgehead atoms. The van der Waals surface area contributed by atoms with E-state index >= 15 is 0 Å². The third kappa shape index (κ3) is 4.67. The fraction of sp³-hybridized carbons (Fsp3) is 0.250. The van der Waals surface area contributed by atoms with Crippen LogP contribution in [-0.2, 0) is 6.42 Å². The van der Waals surface area contributed by atoms with Gasteiger partial charge in [0.2, 0.25) is 0 Å². The van der Waals surface area contributed by atoms with E-state index in [2.05, 4.69) is 30.4 Å². The number of carbonyl (C=O) groups excluding carboxylic acids is 2. The molecule has 5 heteroatoms. The Labute approximate surface area is 171 Å². The molecule has 1 heterocycles. The predicted octanol–water partition coefficient (Wildman–Crippen LogP) is 3.21. The van der Waals surface area contributed by atoms with Crippen LogP contribution >= 0.6 is 0 Å². The minimum Gasteiger partial charge on any atom is -0.497 e. The number of terminal acetylenes is 1. The van der Waals surface area contributed by atoms with Crippen LogP contribution in [0.5, 0.6) is 5.75 Å². The van der Waals surface area contributed by atoms with E-state index in [9.17, 15) is 9.59 Å². The maximum absolute atomic E-state index is 12.9. The third-order valence-electron chi connectivity index (χ3n) is 4.77. The number of fused-ring (bicyclic) bond motifs is 1. The van der Waals surface area contributed by atoms with Crippen molar-refractivity contribution in [3.05, 3.63) is 70.8 Å². The van der Waals surface area contributed by atoms with Crippen LogP contribution in [0.2, 0.25) is 0 Å². The molecule has 2 aromatic rings. The number of hydrogen-bond acceptors (Lipinski definition) is 4. The van der Waals surface area contributed by atoms with Gasteiger partial charge in [0.15, 0.2) is 5.78 Å². The van der Waals surface area contributed by atoms with Gasteiger partial charge in [-0.25, -0.2) is 0 Å². The summed E-state index contributed by atoms with van der Waals surface area (Å²) in [6, 6.07) is 12.4. The number of nitrogens with one attached hydrogen (secondary N) is 2. The molecule has 2 N–H and O–H groups in total. The summed E-state index contributed by atoms with van der Waals surface area (Å²) in [5, 5.41) is 6.06. The van der Waals surface area contributed by atoms with Gasteiger partial charge >= 0.3 is 0 Å². The van der Waals surface area contributed by atoms with Crippen molar-refractivity contribution < 1.29 is 14.3 Å². The molecule has 0 atom stereocenters. The van der Waals surface area contributed by atoms with Crippen molar-refractivity contribution in [2.24, 2.45) is 0 Å². The van der Waals surface area contributed by atoms with Crippen molar-refractivity contribution in [1.82, 2.24) is 10.6 Å². The lowest BCUT2D eigenvalue weighted by Gasteiger charge is -2.35. The SMILES string of the molecule is C#CCNC(=O)c1ccc(C(=O)C=C2NC(C)(C)Cc3ccc(OC)cc32)cc1. The number of carbonyl (C=O) groups is 2. The molecular weight excluding hydrogens is 364 g/mol. The van der Waals surface area contributed by atoms with E-state index in [-0.39, 0.29) is 23.8 Å². The van der Waals surface area contributed by atoms with E-state index in [0.717, 1.165) is 29.0 Å². The van der Waals surface area contributed by atoms with Crippen LogP contribution in [0.3, 0.4) is 0 Å². The normalized spacial score (nSPS) is 15.6. The van der Waals surface area contributed by atoms with Gasteiger partial charge in [0.05, 0.1) is 13.7 Å². The number of benzene rings is 2. The van der Waals surface area contributed by atoms with E-state index in [1.54, 1.807) is 37.5 Å². The van der Waals surface area contributed by atoms with Gasteiger partial charge in [-0.3, -0.25) is 9.59 Å². The minimum absolute atomic E-state index is 0.144. The van der Waals surface area contributed by atoms with Crippen molar-refractivity contribution in [2.45, 2.75) is 25.8 Å². The Hall–Kier alpha value is -3.52. The van der Waals surface area contributed by atoms with Crippen molar-refractivity contribution in [3.63, 3.8) is 0 Å². The molecule has 0 saturated heterocycles. The molecule has 3 rings (SSSR count). The summed E-state index contributed by atoms with van der Waals surface area (Å²) in [6.45, 7) is 4.36. The first-order valence-electron chi connectivity index (χ1n) is 9.36. The van der Waals surface area contributed by atoms with Gasteiger partial charge in [0, 0.05) is 34.0 Å². The molecule has 1 amide bonds. The van der Waals surface area contributed by atoms with Crippen LogP contribution in [-0.4, -0.2) is 30.9 Å². The van der Waals surface area contributed by atoms with Crippen molar-refractivity contribution >= 4 is 17.4 Å². The second-order valence-electron chi connectivity index (χ2n) is 7.60. The highest BCUT2D eigenvalue weighted by molar-refractivity contribution is 6.09. The van der Waals surface area contributed by atoms with Crippen LogP contribution in [0.15, 0.2) is 48.5 Å². The van der Waals surface area contributed by atoms with Gasteiger partial charge < -0.3 is 15.4 Å². The molecule has 0 unspecified atom stereocenters. The Kier molecular flexibility index (Phi) is 5.74. The Bertz CT molecular complexity index is 1010. The van der Waals surface area contributed by atoms with Gasteiger partial charge in [-0.1, -0.05) is 24.1 Å². The zero-order valence-electron chi connectivity index (χ0n) is 16.8. The van der Waals surface area contributed by atoms with Crippen LogP contribution < -0.4 is 15.4 Å². The minimum atomic E-state index is -0.267. The molecule has 5 nitrogen and oxygen atoms in total. The zero-order valence-corrected chi connectivity index (χ0v) is 16.8. The average Bonchev–Trinajstić information content (AvgIpc) is 2.71. The fourth-order valence-corrected chi connectivity index (χ4v) is 3.39. The van der Waals surface area contributed by atoms with Gasteiger partial charge in [-0.15, -0.1) is 6.42 Å². The van der Waals surface area contributed by atoms with Gasteiger partial charge in [-0.05, 0) is 50.1 Å². The van der Waals surface area contributed by atoms with Crippen LogP contribution in [0.4, 0.5) is 0 Å². The fourth-order valence-electron chi connectivity index (χ4n) is 3.39. The molecule has 148 valence electrons. The van der Waals surface area contributed by atoms with Crippen molar-refractivity contribution in [3.8, 4) is 18.1 Å². The smallest absolute Gasteiger partial charge is 0.252 e. The highest BCUT2D eigenvalue weighted by Gasteiger charge is 2.28. The summed E-state index contributed by atoms with van der Waals surface area (Å²) < 4.78 is 5.34. The Balaban J connectivity index is 1.89. The Morgan fingerprint density at radius 2 is 1.90 bits per heavy atom. The zero-order chi connectivity index (χ0) is 21.0. The van der Waals surface area contributed by atoms with Crippen LogP contribution in [0.25, 0.3) is 5.70 Å². The highest BCUT2D eigenvalue weighted by Crippen LogP contribution is 2.32. The lowest BCUT2D eigenvalue weighted by molar-refractivity contribution is 0.0957. The summed E-state index contributed by atoms with van der Waals surface area (Å²) >= 11 is 0. The molecule has 1 aliphatic rings. The van der Waals surface area contributed by atoms with Gasteiger partial charge in [-0.2, -0.15) is 0 Å². The maximum Gasteiger partial charge on any atom is 0.252 e. The summed E-state index contributed by atoms with van der Waals surface area (Å²) in [6.07, 6.45) is 7.60. The van der Waals surface area contributed by atoms with E-state index in [0.29, 0.717) is 11.1 Å². The first kappa shape index (κ1) is 20.2. The van der Waals surface area contributed by atoms with Crippen LogP contribution in [0.1, 0.15) is 45.7 Å². The molecule has 2 aromatic carbocycles. The Morgan fingerprint density at radius 3 is 2.55 bits per heavy atom. The van der Waals surface area contributed by atoms with E-state index in [1.807, 2.05) is 18.2 Å². The molecule has 1 aliphatic heterocycles. The van der Waals surface area contributed by atoms with Crippen molar-refractivity contribution in [1.29, 1.82) is 0 Å². The summed E-state index contributed by atoms with van der Waals surface area (Å²) in [5.41, 5.74) is 3.66. The first-order valence-corrected chi connectivity index (χ1v) is 9.36. The molecular formula is C24H24N2O3. The standard InChI is InChI=1S/C24H24N2O3/c1-5-12-25-23(28)17-8-6-16(7-9-17)22(27)14-21-20-13-19(29-4)11-10-18(20)15-24(2,3)26-21/h1,6-11,13-14,26H,12,15H2,2-4H3,(H,25,28). The van der Waals surface area contributed by atoms with E-state index < -0.39 is 0 Å². The molecule has 0 aliphatic carbocycles. The number of rotatable bonds is 5. The number of methoxy groups -OCH3 is 1. The summed E-state index contributed by atoms with van der Waals surface area (Å²) in [4.78, 5) is 24.8. The largest absolute Gasteiger partial charge is 0.497 e. The molecule has 0 aromatic heterocycles. The predicted molar refractivity (Wildman–Crippen MR) is 114 cm³/mol. The maximum atomic E-state index is 12.9. The summed E-state index contributed by atoms with van der Waals surface area (Å²) in [7, 11) is 1.62. The van der Waals surface area contributed by atoms with Crippen molar-refractivity contribution in [2.75, 3.05) is 13.7 Å². The average molecular weight is 388 g/mol. The second kappa shape index (κ2) is 8.24. The Morgan fingerprint density at radius 1 is 1.21 bits per heavy atom. The number of ether oxygens (including phenoxy) is 1. The van der Waals surface area contributed by atoms with Crippen LogP contribution in [0, 0.1) is 12.3 Å². The highest BCUT2D eigenvalue weighted by atomic mass is 16.5. The quantitative estimate of drug-likeness (QED) is 0.469. The molecule has 29 heavy (non-hydrogen) atoms. The lowest BCUT2D eigenvalue weighted by Crippen LogP contribution is -2.43. The van der Waals surface area contributed by atoms with E-state index in [1.165, 1.54) is 0 Å². The monoisotopic (exact) mass is 388 g/mol. The molecule has 0 saturated carbocycles. The number of amides is 1. The first-order chi connectivity index (χ1) is 13.8. The van der Waals surface area contributed by atoms with E-state index in [4.69, 9.17) is 11.2 Å². The summed E-state index contributed by atoms with van der Waals surface area (Å²) in [5.74, 6) is 2.69.